The zero-order valence-electron chi connectivity index (χ0n) is 7.98. The number of halogens is 4. The van der Waals surface area contributed by atoms with Crippen LogP contribution in [0.2, 0.25) is 0 Å². The Bertz CT molecular complexity index is 538. The summed E-state index contributed by atoms with van der Waals surface area (Å²) in [5.74, 6) is -2.56. The lowest BCUT2D eigenvalue weighted by atomic mass is 10.0. The third kappa shape index (κ3) is 2.07. The van der Waals surface area contributed by atoms with E-state index in [0.29, 0.717) is 3.57 Å². The van der Waals surface area contributed by atoms with Crippen molar-refractivity contribution in [1.82, 2.24) is 0 Å². The molecule has 0 aliphatic carbocycles. The van der Waals surface area contributed by atoms with Crippen molar-refractivity contribution in [1.29, 1.82) is 0 Å². The topological polar surface area (TPSA) is 0 Å². The minimum atomic E-state index is -1.03. The maximum atomic E-state index is 13.6. The van der Waals surface area contributed by atoms with E-state index in [9.17, 15) is 13.2 Å². The van der Waals surface area contributed by atoms with Gasteiger partial charge >= 0.3 is 0 Å². The first-order valence-corrected chi connectivity index (χ1v) is 5.57. The largest absolute Gasteiger partial charge is 0.206 e. The molecule has 0 aliphatic rings. The fourth-order valence-electron chi connectivity index (χ4n) is 1.42. The fourth-order valence-corrected chi connectivity index (χ4v) is 1.87. The summed E-state index contributed by atoms with van der Waals surface area (Å²) in [6, 6.07) is 8.07. The first-order valence-electron chi connectivity index (χ1n) is 4.49. The lowest BCUT2D eigenvalue weighted by Gasteiger charge is -2.05. The van der Waals surface area contributed by atoms with E-state index in [2.05, 4.69) is 0 Å². The van der Waals surface area contributed by atoms with Crippen LogP contribution in [0, 0.1) is 21.0 Å². The SMILES string of the molecule is Fc1cc(I)ccc1-c1cccc(F)c1F. The molecule has 0 N–H and O–H groups in total. The van der Waals surface area contributed by atoms with Crippen molar-refractivity contribution in [3.05, 3.63) is 57.4 Å². The van der Waals surface area contributed by atoms with Gasteiger partial charge in [-0.3, -0.25) is 0 Å². The Hall–Kier alpha value is -1.04. The maximum Gasteiger partial charge on any atom is 0.166 e. The van der Waals surface area contributed by atoms with Crippen LogP contribution in [0.15, 0.2) is 36.4 Å². The van der Waals surface area contributed by atoms with E-state index in [4.69, 9.17) is 0 Å². The number of hydrogen-bond acceptors (Lipinski definition) is 0. The third-order valence-corrected chi connectivity index (χ3v) is 2.84. The highest BCUT2D eigenvalue weighted by Gasteiger charge is 2.13. The molecular formula is C12H6F3I. The predicted octanol–water partition coefficient (Wildman–Crippen LogP) is 4.38. The molecule has 0 spiro atoms. The summed E-state index contributed by atoms with van der Waals surface area (Å²) in [6.07, 6.45) is 0. The van der Waals surface area contributed by atoms with Crippen molar-refractivity contribution in [2.24, 2.45) is 0 Å². The first kappa shape index (κ1) is 11.4. The normalized spacial score (nSPS) is 10.5. The minimum absolute atomic E-state index is 0.0612. The Balaban J connectivity index is 2.63. The van der Waals surface area contributed by atoms with Gasteiger partial charge in [-0.2, -0.15) is 0 Å². The van der Waals surface area contributed by atoms with Crippen LogP contribution >= 0.6 is 22.6 Å². The number of hydrogen-bond donors (Lipinski definition) is 0. The molecule has 0 atom stereocenters. The molecule has 0 unspecified atom stereocenters. The molecule has 0 aliphatic heterocycles. The fraction of sp³-hybridized carbons (Fsp3) is 0. The van der Waals surface area contributed by atoms with E-state index in [-0.39, 0.29) is 11.1 Å². The smallest absolute Gasteiger partial charge is 0.166 e. The molecule has 2 aromatic carbocycles. The van der Waals surface area contributed by atoms with Crippen molar-refractivity contribution in [3.63, 3.8) is 0 Å². The van der Waals surface area contributed by atoms with Crippen LogP contribution in [0.4, 0.5) is 13.2 Å². The average molecular weight is 334 g/mol. The second-order valence-corrected chi connectivity index (χ2v) is 4.47. The Morgan fingerprint density at radius 1 is 0.812 bits per heavy atom. The lowest BCUT2D eigenvalue weighted by Crippen LogP contribution is -1.92. The molecule has 4 heteroatoms. The van der Waals surface area contributed by atoms with Gasteiger partial charge in [-0.1, -0.05) is 18.2 Å². The van der Waals surface area contributed by atoms with Crippen LogP contribution in [0.25, 0.3) is 11.1 Å². The molecule has 0 bridgehead atoms. The lowest BCUT2D eigenvalue weighted by molar-refractivity contribution is 0.510. The van der Waals surface area contributed by atoms with Gasteiger partial charge in [0.2, 0.25) is 0 Å². The second-order valence-electron chi connectivity index (χ2n) is 3.23. The maximum absolute atomic E-state index is 13.6. The molecule has 2 aromatic rings. The Morgan fingerprint density at radius 3 is 2.25 bits per heavy atom. The summed E-state index contributed by atoms with van der Waals surface area (Å²) in [5, 5.41) is 0. The summed E-state index contributed by atoms with van der Waals surface area (Å²) in [4.78, 5) is 0. The van der Waals surface area contributed by atoms with Crippen molar-refractivity contribution >= 4 is 22.6 Å². The van der Waals surface area contributed by atoms with Crippen LogP contribution in [-0.2, 0) is 0 Å². The van der Waals surface area contributed by atoms with Crippen molar-refractivity contribution in [3.8, 4) is 11.1 Å². The highest BCUT2D eigenvalue weighted by atomic mass is 127. The van der Waals surface area contributed by atoms with Crippen LogP contribution in [0.3, 0.4) is 0 Å². The molecule has 0 radical (unpaired) electrons. The molecule has 0 saturated heterocycles. The highest BCUT2D eigenvalue weighted by Crippen LogP contribution is 2.27. The average Bonchev–Trinajstić information content (AvgIpc) is 2.23. The van der Waals surface area contributed by atoms with Gasteiger partial charge in [-0.05, 0) is 40.8 Å². The molecule has 0 aromatic heterocycles. The van der Waals surface area contributed by atoms with Gasteiger partial charge in [0.25, 0.3) is 0 Å². The van der Waals surface area contributed by atoms with Crippen LogP contribution in [-0.4, -0.2) is 0 Å². The standard InChI is InChI=1S/C12H6F3I/c13-10-3-1-2-9(12(10)15)8-5-4-7(16)6-11(8)14/h1-6H. The molecule has 16 heavy (non-hydrogen) atoms. The monoisotopic (exact) mass is 334 g/mol. The molecule has 2 rings (SSSR count). The second kappa shape index (κ2) is 4.45. The van der Waals surface area contributed by atoms with E-state index in [1.54, 1.807) is 6.07 Å². The van der Waals surface area contributed by atoms with Crippen molar-refractivity contribution in [2.45, 2.75) is 0 Å². The van der Waals surface area contributed by atoms with Gasteiger partial charge in [0.15, 0.2) is 11.6 Å². The molecular weight excluding hydrogens is 328 g/mol. The van der Waals surface area contributed by atoms with E-state index in [1.807, 2.05) is 22.6 Å². The Kier molecular flexibility index (Phi) is 3.18. The van der Waals surface area contributed by atoms with Crippen LogP contribution in [0.1, 0.15) is 0 Å². The van der Waals surface area contributed by atoms with Gasteiger partial charge in [-0.25, -0.2) is 13.2 Å². The highest BCUT2D eigenvalue weighted by molar-refractivity contribution is 14.1. The summed E-state index contributed by atoms with van der Waals surface area (Å²) >= 11 is 1.95. The Labute approximate surface area is 104 Å². The number of benzene rings is 2. The Morgan fingerprint density at radius 2 is 1.56 bits per heavy atom. The zero-order chi connectivity index (χ0) is 11.7. The van der Waals surface area contributed by atoms with E-state index < -0.39 is 17.5 Å². The summed E-state index contributed by atoms with van der Waals surface area (Å²) < 4.78 is 40.7. The molecule has 0 saturated carbocycles. The summed E-state index contributed by atoms with van der Waals surface area (Å²) in [7, 11) is 0. The quantitative estimate of drug-likeness (QED) is 0.679. The molecule has 0 nitrogen and oxygen atoms in total. The molecule has 0 fully saturated rings. The molecule has 0 amide bonds. The van der Waals surface area contributed by atoms with Gasteiger partial charge in [-0.15, -0.1) is 0 Å². The minimum Gasteiger partial charge on any atom is -0.206 e. The zero-order valence-corrected chi connectivity index (χ0v) is 10.1. The van der Waals surface area contributed by atoms with Crippen LogP contribution in [0.5, 0.6) is 0 Å². The number of rotatable bonds is 1. The van der Waals surface area contributed by atoms with Crippen LogP contribution < -0.4 is 0 Å². The van der Waals surface area contributed by atoms with Gasteiger partial charge in [0.05, 0.1) is 0 Å². The molecule has 0 heterocycles. The molecule has 82 valence electrons. The van der Waals surface area contributed by atoms with Crippen molar-refractivity contribution < 1.29 is 13.2 Å². The predicted molar refractivity (Wildman–Crippen MR) is 64.5 cm³/mol. The van der Waals surface area contributed by atoms with Gasteiger partial charge in [0, 0.05) is 14.7 Å². The van der Waals surface area contributed by atoms with E-state index in [1.165, 1.54) is 24.3 Å². The van der Waals surface area contributed by atoms with E-state index in [0.717, 1.165) is 6.07 Å². The van der Waals surface area contributed by atoms with Gasteiger partial charge in [0.1, 0.15) is 5.82 Å². The first-order chi connectivity index (χ1) is 7.59. The van der Waals surface area contributed by atoms with E-state index >= 15 is 0 Å². The van der Waals surface area contributed by atoms with Gasteiger partial charge < -0.3 is 0 Å². The summed E-state index contributed by atoms with van der Waals surface area (Å²) in [5.41, 5.74) is 0.00585. The van der Waals surface area contributed by atoms with Crippen molar-refractivity contribution in [2.75, 3.05) is 0 Å². The third-order valence-electron chi connectivity index (χ3n) is 2.17. The summed E-state index contributed by atoms with van der Waals surface area (Å²) in [6.45, 7) is 0.